The zero-order valence-corrected chi connectivity index (χ0v) is 16.5. The summed E-state index contributed by atoms with van der Waals surface area (Å²) in [6.07, 6.45) is 0.509. The molecular formula is C20H30F3N3O2. The first kappa shape index (κ1) is 20.0. The van der Waals surface area contributed by atoms with Gasteiger partial charge < -0.3 is 11.1 Å². The van der Waals surface area contributed by atoms with Gasteiger partial charge >= 0.3 is 6.18 Å². The predicted octanol–water partition coefficient (Wildman–Crippen LogP) is 2.59. The molecule has 1 aliphatic heterocycles. The molecule has 4 unspecified atom stereocenters. The Hall–Kier alpha value is -1.31. The van der Waals surface area contributed by atoms with E-state index >= 15 is 0 Å². The molecule has 5 rings (SSSR count). The van der Waals surface area contributed by atoms with Crippen molar-refractivity contribution < 1.29 is 22.8 Å². The zero-order chi connectivity index (χ0) is 20.5. The minimum atomic E-state index is -4.36. The van der Waals surface area contributed by atoms with E-state index in [2.05, 4.69) is 5.32 Å². The number of carbonyl (C=O) groups is 2. The lowest BCUT2D eigenvalue weighted by molar-refractivity contribution is -0.189. The van der Waals surface area contributed by atoms with Gasteiger partial charge in [0.2, 0.25) is 11.8 Å². The first-order chi connectivity index (χ1) is 12.9. The molecule has 0 aromatic rings. The minimum Gasteiger partial charge on any atom is -0.369 e. The Labute approximate surface area is 163 Å². The molecule has 1 saturated heterocycles. The number of amides is 2. The number of carbonyl (C=O) groups excluding carboxylic acids is 2. The second-order valence-corrected chi connectivity index (χ2v) is 10.0. The molecule has 158 valence electrons. The number of rotatable bonds is 4. The van der Waals surface area contributed by atoms with E-state index in [9.17, 15) is 22.8 Å². The lowest BCUT2D eigenvalue weighted by Gasteiger charge is -2.60. The van der Waals surface area contributed by atoms with Crippen molar-refractivity contribution in [3.63, 3.8) is 0 Å². The number of nitrogens with one attached hydrogen (secondary N) is 1. The highest BCUT2D eigenvalue weighted by atomic mass is 19.4. The Morgan fingerprint density at radius 3 is 2.25 bits per heavy atom. The fraction of sp³-hybridized carbons (Fsp3) is 0.900. The standard InChI is InChI=1S/C20H30F3N3O2/c1-18(2,26-5-3-4-14(26)20(21,22)23)17(28)25-15-13-7-11-6-12(8-13)10-19(15,9-11)16(24)27/h11-15H,3-10H2,1-2H3,(H2,24,27)(H,25,28). The summed E-state index contributed by atoms with van der Waals surface area (Å²) in [6, 6.07) is -1.96. The smallest absolute Gasteiger partial charge is 0.369 e. The quantitative estimate of drug-likeness (QED) is 0.760. The van der Waals surface area contributed by atoms with Gasteiger partial charge in [0, 0.05) is 6.04 Å². The van der Waals surface area contributed by atoms with Gasteiger partial charge in [0.15, 0.2) is 0 Å². The third-order valence-corrected chi connectivity index (χ3v) is 7.99. The Kier molecular flexibility index (Phi) is 4.53. The van der Waals surface area contributed by atoms with Gasteiger partial charge in [-0.15, -0.1) is 0 Å². The van der Waals surface area contributed by atoms with Crippen molar-refractivity contribution in [2.75, 3.05) is 6.54 Å². The van der Waals surface area contributed by atoms with Crippen LogP contribution in [0.3, 0.4) is 0 Å². The molecule has 5 fully saturated rings. The first-order valence-electron chi connectivity index (χ1n) is 10.4. The molecule has 1 heterocycles. The van der Waals surface area contributed by atoms with Gasteiger partial charge in [0.05, 0.1) is 11.0 Å². The number of hydrogen-bond acceptors (Lipinski definition) is 3. The molecule has 4 bridgehead atoms. The minimum absolute atomic E-state index is 0.0147. The van der Waals surface area contributed by atoms with Crippen LogP contribution in [0.4, 0.5) is 13.2 Å². The third kappa shape index (κ3) is 2.94. The highest BCUT2D eigenvalue weighted by Gasteiger charge is 2.61. The van der Waals surface area contributed by atoms with Crippen molar-refractivity contribution >= 4 is 11.8 Å². The second kappa shape index (κ2) is 6.34. The van der Waals surface area contributed by atoms with Crippen molar-refractivity contribution in [1.29, 1.82) is 0 Å². The summed E-state index contributed by atoms with van der Waals surface area (Å²) in [6.45, 7) is 3.35. The third-order valence-electron chi connectivity index (χ3n) is 7.99. The SMILES string of the molecule is CC(C)(C(=O)NC1C2CC3CC(C2)CC1(C(N)=O)C3)N1CCCC1C(F)(F)F. The van der Waals surface area contributed by atoms with Crippen LogP contribution in [-0.4, -0.2) is 47.1 Å². The van der Waals surface area contributed by atoms with Crippen LogP contribution in [0.1, 0.15) is 58.8 Å². The molecule has 0 aromatic heterocycles. The van der Waals surface area contributed by atoms with Crippen LogP contribution in [0.25, 0.3) is 0 Å². The topological polar surface area (TPSA) is 75.4 Å². The molecule has 2 amide bonds. The second-order valence-electron chi connectivity index (χ2n) is 10.0. The van der Waals surface area contributed by atoms with Crippen molar-refractivity contribution in [2.24, 2.45) is 28.9 Å². The summed E-state index contributed by atoms with van der Waals surface area (Å²) >= 11 is 0. The van der Waals surface area contributed by atoms with Gasteiger partial charge in [-0.25, -0.2) is 0 Å². The molecule has 3 N–H and O–H groups in total. The molecular weight excluding hydrogens is 371 g/mol. The number of nitrogens with two attached hydrogens (primary N) is 1. The summed E-state index contributed by atoms with van der Waals surface area (Å²) in [4.78, 5) is 26.9. The summed E-state index contributed by atoms with van der Waals surface area (Å²) in [5.74, 6) is 0.333. The van der Waals surface area contributed by atoms with E-state index in [-0.39, 0.29) is 30.8 Å². The summed E-state index contributed by atoms with van der Waals surface area (Å²) < 4.78 is 40.3. The Morgan fingerprint density at radius 1 is 1.11 bits per heavy atom. The molecule has 0 radical (unpaired) electrons. The van der Waals surface area contributed by atoms with Gasteiger partial charge in [-0.3, -0.25) is 14.5 Å². The molecule has 8 heteroatoms. The molecule has 4 atom stereocenters. The monoisotopic (exact) mass is 401 g/mol. The molecule has 4 aliphatic carbocycles. The zero-order valence-electron chi connectivity index (χ0n) is 16.5. The number of alkyl halides is 3. The van der Waals surface area contributed by atoms with Gasteiger partial charge in [-0.2, -0.15) is 13.2 Å². The average molecular weight is 401 g/mol. The van der Waals surface area contributed by atoms with Gasteiger partial charge in [0.1, 0.15) is 6.04 Å². The van der Waals surface area contributed by atoms with E-state index < -0.39 is 29.1 Å². The Balaban J connectivity index is 1.56. The van der Waals surface area contributed by atoms with E-state index in [1.54, 1.807) is 13.8 Å². The largest absolute Gasteiger partial charge is 0.404 e. The first-order valence-corrected chi connectivity index (χ1v) is 10.4. The van der Waals surface area contributed by atoms with Crippen LogP contribution in [0, 0.1) is 23.2 Å². The van der Waals surface area contributed by atoms with E-state index in [4.69, 9.17) is 5.73 Å². The normalized spacial score (nSPS) is 40.7. The van der Waals surface area contributed by atoms with Crippen LogP contribution in [-0.2, 0) is 9.59 Å². The van der Waals surface area contributed by atoms with E-state index in [0.29, 0.717) is 31.1 Å². The summed E-state index contributed by atoms with van der Waals surface area (Å²) in [7, 11) is 0. The highest BCUT2D eigenvalue weighted by molar-refractivity contribution is 5.88. The lowest BCUT2D eigenvalue weighted by Crippen LogP contribution is -2.69. The average Bonchev–Trinajstić information content (AvgIpc) is 3.08. The van der Waals surface area contributed by atoms with Crippen LogP contribution in [0.2, 0.25) is 0 Å². The predicted molar refractivity (Wildman–Crippen MR) is 97.0 cm³/mol. The lowest BCUT2D eigenvalue weighted by atomic mass is 9.47. The van der Waals surface area contributed by atoms with Crippen molar-refractivity contribution in [1.82, 2.24) is 10.2 Å². The van der Waals surface area contributed by atoms with E-state index in [1.165, 1.54) is 4.90 Å². The van der Waals surface area contributed by atoms with Gasteiger partial charge in [-0.05, 0) is 83.1 Å². The van der Waals surface area contributed by atoms with Crippen LogP contribution >= 0.6 is 0 Å². The number of halogens is 3. The van der Waals surface area contributed by atoms with Gasteiger partial charge in [0.25, 0.3) is 0 Å². The van der Waals surface area contributed by atoms with Crippen LogP contribution in [0.5, 0.6) is 0 Å². The van der Waals surface area contributed by atoms with Crippen molar-refractivity contribution in [3.8, 4) is 0 Å². The molecule has 5 nitrogen and oxygen atoms in total. The number of likely N-dealkylation sites (tertiary alicyclic amines) is 1. The summed E-state index contributed by atoms with van der Waals surface area (Å²) in [5.41, 5.74) is 3.78. The van der Waals surface area contributed by atoms with Crippen LogP contribution in [0.15, 0.2) is 0 Å². The Morgan fingerprint density at radius 2 is 1.71 bits per heavy atom. The van der Waals surface area contributed by atoms with Crippen molar-refractivity contribution in [3.05, 3.63) is 0 Å². The van der Waals surface area contributed by atoms with Crippen LogP contribution < -0.4 is 11.1 Å². The van der Waals surface area contributed by atoms with Gasteiger partial charge in [-0.1, -0.05) is 0 Å². The maximum Gasteiger partial charge on any atom is 0.404 e. The molecule has 4 saturated carbocycles. The number of primary amides is 1. The fourth-order valence-electron chi connectivity index (χ4n) is 6.88. The molecule has 0 aromatic carbocycles. The fourth-order valence-corrected chi connectivity index (χ4v) is 6.88. The van der Waals surface area contributed by atoms with E-state index in [0.717, 1.165) is 19.3 Å². The molecule has 28 heavy (non-hydrogen) atoms. The highest BCUT2D eigenvalue weighted by Crippen LogP contribution is 2.60. The Bertz CT molecular complexity index is 664. The maximum atomic E-state index is 13.4. The molecule has 0 spiro atoms. The number of hydrogen-bond donors (Lipinski definition) is 2. The van der Waals surface area contributed by atoms with E-state index in [1.807, 2.05) is 0 Å². The maximum absolute atomic E-state index is 13.4. The number of nitrogens with zero attached hydrogens (tertiary/aromatic N) is 1. The molecule has 5 aliphatic rings. The van der Waals surface area contributed by atoms with Crippen molar-refractivity contribution in [2.45, 2.75) is 82.6 Å². The summed E-state index contributed by atoms with van der Waals surface area (Å²) in [5, 5.41) is 3.02.